The molecule has 1 amide bonds. The lowest BCUT2D eigenvalue weighted by Gasteiger charge is -2.13. The van der Waals surface area contributed by atoms with Crippen molar-refractivity contribution in [2.24, 2.45) is 0 Å². The van der Waals surface area contributed by atoms with Gasteiger partial charge in [0.05, 0.1) is 18.2 Å². The lowest BCUT2D eigenvalue weighted by Crippen LogP contribution is -2.24. The summed E-state index contributed by atoms with van der Waals surface area (Å²) in [4.78, 5) is 37.1. The average molecular weight is 403 g/mol. The molecule has 3 aromatic carbocycles. The van der Waals surface area contributed by atoms with Crippen LogP contribution in [0.4, 0.5) is 5.69 Å². The van der Waals surface area contributed by atoms with E-state index < -0.39 is 12.1 Å². The van der Waals surface area contributed by atoms with Gasteiger partial charge in [0, 0.05) is 11.3 Å². The summed E-state index contributed by atoms with van der Waals surface area (Å²) in [6.07, 6.45) is -0.912. The number of ketones is 1. The molecule has 0 saturated carbocycles. The zero-order valence-electron chi connectivity index (χ0n) is 16.6. The number of carbonyl (C=O) groups excluding carboxylic acids is 3. The van der Waals surface area contributed by atoms with Crippen LogP contribution in [0, 0.1) is 0 Å². The Balaban J connectivity index is 1.63. The predicted octanol–water partition coefficient (Wildman–Crippen LogP) is 4.38. The summed E-state index contributed by atoms with van der Waals surface area (Å²) < 4.78 is 10.5. The SMILES string of the molecule is COc1ccccc1C(=O)Nc1ccc(C(=O)OC(C)C(=O)c2ccccc2)cc1. The number of ether oxygens (including phenoxy) is 2. The monoisotopic (exact) mass is 403 g/mol. The summed E-state index contributed by atoms with van der Waals surface area (Å²) in [5.41, 5.74) is 1.66. The second kappa shape index (κ2) is 9.52. The highest BCUT2D eigenvalue weighted by molar-refractivity contribution is 6.06. The van der Waals surface area contributed by atoms with Crippen molar-refractivity contribution in [1.82, 2.24) is 0 Å². The fraction of sp³-hybridized carbons (Fsp3) is 0.125. The lowest BCUT2D eigenvalue weighted by atomic mass is 10.1. The first-order valence-electron chi connectivity index (χ1n) is 9.34. The van der Waals surface area contributed by atoms with Crippen LogP contribution in [0.2, 0.25) is 0 Å². The Morgan fingerprint density at radius 2 is 1.43 bits per heavy atom. The zero-order chi connectivity index (χ0) is 21.5. The molecule has 1 N–H and O–H groups in total. The molecule has 0 aromatic heterocycles. The number of esters is 1. The van der Waals surface area contributed by atoms with Gasteiger partial charge in [0.2, 0.25) is 5.78 Å². The van der Waals surface area contributed by atoms with Gasteiger partial charge in [-0.1, -0.05) is 42.5 Å². The number of methoxy groups -OCH3 is 1. The van der Waals surface area contributed by atoms with E-state index >= 15 is 0 Å². The molecule has 0 heterocycles. The number of benzene rings is 3. The van der Waals surface area contributed by atoms with Crippen molar-refractivity contribution in [3.8, 4) is 5.75 Å². The molecule has 3 rings (SSSR count). The Labute approximate surface area is 174 Å². The average Bonchev–Trinajstić information content (AvgIpc) is 2.79. The second-order valence-electron chi connectivity index (χ2n) is 6.51. The second-order valence-corrected chi connectivity index (χ2v) is 6.51. The first-order chi connectivity index (χ1) is 14.5. The van der Waals surface area contributed by atoms with Gasteiger partial charge in [-0.15, -0.1) is 0 Å². The number of Topliss-reactive ketones (excluding diaryl/α,β-unsaturated/α-hetero) is 1. The fourth-order valence-electron chi connectivity index (χ4n) is 2.84. The van der Waals surface area contributed by atoms with Crippen molar-refractivity contribution in [3.05, 3.63) is 95.6 Å². The third-order valence-corrected chi connectivity index (χ3v) is 4.44. The highest BCUT2D eigenvalue weighted by Crippen LogP contribution is 2.20. The van der Waals surface area contributed by atoms with Crippen LogP contribution in [-0.4, -0.2) is 30.9 Å². The molecule has 1 unspecified atom stereocenters. The Bertz CT molecular complexity index is 1040. The summed E-state index contributed by atoms with van der Waals surface area (Å²) >= 11 is 0. The van der Waals surface area contributed by atoms with E-state index in [1.165, 1.54) is 26.2 Å². The molecule has 3 aromatic rings. The number of carbonyl (C=O) groups is 3. The van der Waals surface area contributed by atoms with Crippen molar-refractivity contribution in [2.75, 3.05) is 12.4 Å². The van der Waals surface area contributed by atoms with Gasteiger partial charge in [-0.3, -0.25) is 9.59 Å². The summed E-state index contributed by atoms with van der Waals surface area (Å²) in [5.74, 6) is -0.754. The third kappa shape index (κ3) is 4.91. The van der Waals surface area contributed by atoms with Crippen LogP contribution in [-0.2, 0) is 4.74 Å². The Kier molecular flexibility index (Phi) is 6.60. The molecule has 0 aliphatic rings. The molecule has 6 heteroatoms. The van der Waals surface area contributed by atoms with Crippen molar-refractivity contribution in [3.63, 3.8) is 0 Å². The van der Waals surface area contributed by atoms with Crippen molar-refractivity contribution in [2.45, 2.75) is 13.0 Å². The molecule has 0 aliphatic heterocycles. The number of para-hydroxylation sites is 1. The molecule has 152 valence electrons. The highest BCUT2D eigenvalue weighted by Gasteiger charge is 2.20. The normalized spacial score (nSPS) is 11.3. The first-order valence-corrected chi connectivity index (χ1v) is 9.34. The summed E-state index contributed by atoms with van der Waals surface area (Å²) in [6.45, 7) is 1.54. The van der Waals surface area contributed by atoms with Crippen molar-refractivity contribution >= 4 is 23.3 Å². The lowest BCUT2D eigenvalue weighted by molar-refractivity contribution is 0.0319. The van der Waals surface area contributed by atoms with Crippen LogP contribution < -0.4 is 10.1 Å². The van der Waals surface area contributed by atoms with E-state index in [0.717, 1.165) is 0 Å². The van der Waals surface area contributed by atoms with E-state index in [-0.39, 0.29) is 17.3 Å². The molecule has 0 aliphatic carbocycles. The number of anilines is 1. The molecule has 0 spiro atoms. The standard InChI is InChI=1S/C24H21NO5/c1-16(22(26)17-8-4-3-5-9-17)30-24(28)18-12-14-19(15-13-18)25-23(27)20-10-6-7-11-21(20)29-2/h3-16H,1-2H3,(H,25,27). The van der Waals surface area contributed by atoms with E-state index in [9.17, 15) is 14.4 Å². The van der Waals surface area contributed by atoms with E-state index in [1.807, 2.05) is 6.07 Å². The van der Waals surface area contributed by atoms with Crippen LogP contribution in [0.15, 0.2) is 78.9 Å². The molecule has 0 bridgehead atoms. The van der Waals surface area contributed by atoms with Gasteiger partial charge >= 0.3 is 5.97 Å². The van der Waals surface area contributed by atoms with Crippen LogP contribution in [0.1, 0.15) is 38.0 Å². The first kappa shape index (κ1) is 20.8. The number of nitrogens with one attached hydrogen (secondary N) is 1. The highest BCUT2D eigenvalue weighted by atomic mass is 16.5. The molecular formula is C24H21NO5. The van der Waals surface area contributed by atoms with Gasteiger partial charge in [0.15, 0.2) is 6.10 Å². The molecule has 1 atom stereocenters. The Morgan fingerprint density at radius 1 is 0.800 bits per heavy atom. The van der Waals surface area contributed by atoms with Crippen LogP contribution in [0.5, 0.6) is 5.75 Å². The number of rotatable bonds is 7. The Morgan fingerprint density at radius 3 is 2.10 bits per heavy atom. The van der Waals surface area contributed by atoms with Crippen LogP contribution >= 0.6 is 0 Å². The minimum Gasteiger partial charge on any atom is -0.496 e. The quantitative estimate of drug-likeness (QED) is 0.468. The van der Waals surface area contributed by atoms with Gasteiger partial charge in [0.1, 0.15) is 5.75 Å². The molecular weight excluding hydrogens is 382 g/mol. The number of amides is 1. The van der Waals surface area contributed by atoms with Gasteiger partial charge in [0.25, 0.3) is 5.91 Å². The number of hydrogen-bond acceptors (Lipinski definition) is 5. The van der Waals surface area contributed by atoms with Crippen LogP contribution in [0.25, 0.3) is 0 Å². The maximum Gasteiger partial charge on any atom is 0.338 e. The van der Waals surface area contributed by atoms with Gasteiger partial charge in [-0.05, 0) is 43.3 Å². The van der Waals surface area contributed by atoms with E-state index in [4.69, 9.17) is 9.47 Å². The van der Waals surface area contributed by atoms with Crippen molar-refractivity contribution < 1.29 is 23.9 Å². The maximum atomic E-state index is 12.4. The van der Waals surface area contributed by atoms with Gasteiger partial charge < -0.3 is 14.8 Å². The Hall–Kier alpha value is -3.93. The van der Waals surface area contributed by atoms with Gasteiger partial charge in [-0.25, -0.2) is 4.79 Å². The van der Waals surface area contributed by atoms with E-state index in [2.05, 4.69) is 5.32 Å². The minimum atomic E-state index is -0.912. The predicted molar refractivity (Wildman–Crippen MR) is 113 cm³/mol. The molecule has 0 saturated heterocycles. The largest absolute Gasteiger partial charge is 0.496 e. The summed E-state index contributed by atoms with van der Waals surface area (Å²) in [6, 6.07) is 21.8. The minimum absolute atomic E-state index is 0.273. The topological polar surface area (TPSA) is 81.7 Å². The molecule has 6 nitrogen and oxygen atoms in total. The van der Waals surface area contributed by atoms with E-state index in [0.29, 0.717) is 22.6 Å². The maximum absolute atomic E-state index is 12.4. The molecule has 30 heavy (non-hydrogen) atoms. The fourth-order valence-corrected chi connectivity index (χ4v) is 2.84. The van der Waals surface area contributed by atoms with Crippen molar-refractivity contribution in [1.29, 1.82) is 0 Å². The zero-order valence-corrected chi connectivity index (χ0v) is 16.6. The smallest absolute Gasteiger partial charge is 0.338 e. The van der Waals surface area contributed by atoms with E-state index in [1.54, 1.807) is 60.7 Å². The third-order valence-electron chi connectivity index (χ3n) is 4.44. The molecule has 0 fully saturated rings. The summed E-state index contributed by atoms with van der Waals surface area (Å²) in [7, 11) is 1.50. The summed E-state index contributed by atoms with van der Waals surface area (Å²) in [5, 5.41) is 2.75. The number of hydrogen-bond donors (Lipinski definition) is 1. The van der Waals surface area contributed by atoms with Gasteiger partial charge in [-0.2, -0.15) is 0 Å². The van der Waals surface area contributed by atoms with Crippen LogP contribution in [0.3, 0.4) is 0 Å². The molecule has 0 radical (unpaired) electrons.